The monoisotopic (exact) mass is 323 g/mol. The number of nitrogens with one attached hydrogen (secondary N) is 2. The van der Waals surface area contributed by atoms with E-state index < -0.39 is 11.8 Å². The zero-order valence-electron chi connectivity index (χ0n) is 10.5. The Labute approximate surface area is 130 Å². The molecule has 0 radical (unpaired) electrons. The van der Waals surface area contributed by atoms with E-state index >= 15 is 0 Å². The Morgan fingerprint density at radius 2 is 1.67 bits per heavy atom. The molecule has 2 aromatic rings. The second-order valence-electron chi connectivity index (χ2n) is 4.01. The van der Waals surface area contributed by atoms with Crippen molar-refractivity contribution in [3.05, 3.63) is 57.8 Å². The van der Waals surface area contributed by atoms with Crippen LogP contribution in [0.1, 0.15) is 5.56 Å². The van der Waals surface area contributed by atoms with Crippen LogP contribution in [0, 0.1) is 17.1 Å². The number of hydrogen-bond donors (Lipinski definition) is 2. The number of nitrogens with zero attached hydrogens (tertiary/aromatic N) is 1. The first-order chi connectivity index (χ1) is 9.99. The topological polar surface area (TPSA) is 64.9 Å². The summed E-state index contributed by atoms with van der Waals surface area (Å²) in [6.45, 7) is 0. The molecule has 0 heterocycles. The minimum Gasteiger partial charge on any atom is -0.308 e. The van der Waals surface area contributed by atoms with Crippen molar-refractivity contribution in [1.29, 1.82) is 5.26 Å². The lowest BCUT2D eigenvalue weighted by Crippen LogP contribution is -2.19. The minimum absolute atomic E-state index is 0.151. The fourth-order valence-electron chi connectivity index (χ4n) is 1.56. The molecule has 0 spiro atoms. The molecule has 21 heavy (non-hydrogen) atoms. The Kier molecular flexibility index (Phi) is 4.63. The predicted molar refractivity (Wildman–Crippen MR) is 80.2 cm³/mol. The fraction of sp³-hybridized carbons (Fsp3) is 0. The summed E-state index contributed by atoms with van der Waals surface area (Å²) in [4.78, 5) is 11.8. The van der Waals surface area contributed by atoms with Crippen molar-refractivity contribution in [2.24, 2.45) is 0 Å². The fourth-order valence-corrected chi connectivity index (χ4v) is 1.85. The molecule has 0 aromatic heterocycles. The number of carbonyl (C=O) groups excluding carboxylic acids is 1. The van der Waals surface area contributed by atoms with Gasteiger partial charge in [-0.3, -0.25) is 0 Å². The second-order valence-corrected chi connectivity index (χ2v) is 4.83. The minimum atomic E-state index is -0.645. The molecule has 2 N–H and O–H groups in total. The normalized spacial score (nSPS) is 9.81. The second kappa shape index (κ2) is 6.44. The van der Waals surface area contributed by atoms with E-state index in [-0.39, 0.29) is 5.56 Å². The van der Waals surface area contributed by atoms with Crippen LogP contribution in [0.5, 0.6) is 0 Å². The first-order valence-electron chi connectivity index (χ1n) is 5.72. The first-order valence-corrected chi connectivity index (χ1v) is 6.48. The van der Waals surface area contributed by atoms with Gasteiger partial charge >= 0.3 is 6.03 Å². The summed E-state index contributed by atoms with van der Waals surface area (Å²) in [7, 11) is 0. The lowest BCUT2D eigenvalue weighted by Gasteiger charge is -2.08. The van der Waals surface area contributed by atoms with E-state index in [2.05, 4.69) is 10.6 Å². The molecule has 0 fully saturated rings. The van der Waals surface area contributed by atoms with Gasteiger partial charge in [0.2, 0.25) is 0 Å². The summed E-state index contributed by atoms with van der Waals surface area (Å²) in [6.07, 6.45) is 0. The Bertz CT molecular complexity index is 743. The van der Waals surface area contributed by atoms with Crippen molar-refractivity contribution in [2.75, 3.05) is 10.6 Å². The highest BCUT2D eigenvalue weighted by Gasteiger charge is 2.07. The molecule has 7 heteroatoms. The van der Waals surface area contributed by atoms with E-state index in [0.717, 1.165) is 6.07 Å². The lowest BCUT2D eigenvalue weighted by atomic mass is 10.2. The summed E-state index contributed by atoms with van der Waals surface area (Å²) in [5.74, 6) is -0.645. The molecular weight excluding hydrogens is 316 g/mol. The van der Waals surface area contributed by atoms with Crippen molar-refractivity contribution >= 4 is 40.6 Å². The summed E-state index contributed by atoms with van der Waals surface area (Å²) in [6, 6.07) is 9.46. The average Bonchev–Trinajstić information content (AvgIpc) is 2.45. The zero-order valence-corrected chi connectivity index (χ0v) is 12.0. The quantitative estimate of drug-likeness (QED) is 0.844. The standard InChI is InChI=1S/C14H8Cl2FN3O/c15-11-3-1-10(6-12(11)16)20-14(21)19-9-2-4-13(17)8(5-9)7-18/h1-6H,(H2,19,20,21). The van der Waals surface area contributed by atoms with Crippen LogP contribution in [0.3, 0.4) is 0 Å². The number of nitriles is 1. The van der Waals surface area contributed by atoms with Crippen LogP contribution >= 0.6 is 23.2 Å². The van der Waals surface area contributed by atoms with Gasteiger partial charge in [-0.15, -0.1) is 0 Å². The molecule has 0 unspecified atom stereocenters. The van der Waals surface area contributed by atoms with Gasteiger partial charge in [0.15, 0.2) is 0 Å². The number of halogens is 3. The van der Waals surface area contributed by atoms with Crippen LogP contribution in [-0.4, -0.2) is 6.03 Å². The average molecular weight is 324 g/mol. The highest BCUT2D eigenvalue weighted by atomic mass is 35.5. The molecule has 4 nitrogen and oxygen atoms in total. The van der Waals surface area contributed by atoms with Crippen LogP contribution < -0.4 is 10.6 Å². The van der Waals surface area contributed by atoms with E-state index in [1.165, 1.54) is 18.2 Å². The first kappa shape index (κ1) is 15.1. The van der Waals surface area contributed by atoms with E-state index in [4.69, 9.17) is 28.5 Å². The molecule has 0 saturated carbocycles. The van der Waals surface area contributed by atoms with Crippen molar-refractivity contribution in [3.63, 3.8) is 0 Å². The summed E-state index contributed by atoms with van der Waals surface area (Å²) < 4.78 is 13.2. The highest BCUT2D eigenvalue weighted by molar-refractivity contribution is 6.42. The molecule has 0 bridgehead atoms. The zero-order chi connectivity index (χ0) is 15.4. The number of amides is 2. The van der Waals surface area contributed by atoms with Crippen LogP contribution in [-0.2, 0) is 0 Å². The van der Waals surface area contributed by atoms with E-state index in [1.54, 1.807) is 18.2 Å². The Morgan fingerprint density at radius 3 is 2.29 bits per heavy atom. The van der Waals surface area contributed by atoms with Gasteiger partial charge in [-0.25, -0.2) is 9.18 Å². The number of benzene rings is 2. The predicted octanol–water partition coefficient (Wildman–Crippen LogP) is 4.65. The third-order valence-electron chi connectivity index (χ3n) is 2.52. The van der Waals surface area contributed by atoms with Gasteiger partial charge in [-0.2, -0.15) is 5.26 Å². The number of anilines is 2. The van der Waals surface area contributed by atoms with E-state index in [9.17, 15) is 9.18 Å². The Balaban J connectivity index is 2.08. The Morgan fingerprint density at radius 1 is 1.05 bits per heavy atom. The smallest absolute Gasteiger partial charge is 0.308 e. The number of rotatable bonds is 2. The van der Waals surface area contributed by atoms with Crippen molar-refractivity contribution < 1.29 is 9.18 Å². The maximum absolute atomic E-state index is 13.2. The third-order valence-corrected chi connectivity index (χ3v) is 3.26. The summed E-state index contributed by atoms with van der Waals surface area (Å²) >= 11 is 11.6. The van der Waals surface area contributed by atoms with Gasteiger partial charge in [0.1, 0.15) is 11.9 Å². The molecule has 2 amide bonds. The maximum Gasteiger partial charge on any atom is 0.323 e. The van der Waals surface area contributed by atoms with E-state index in [1.807, 2.05) is 0 Å². The Hall–Kier alpha value is -2.29. The van der Waals surface area contributed by atoms with Gasteiger partial charge in [-0.1, -0.05) is 23.2 Å². The molecule has 0 aliphatic rings. The van der Waals surface area contributed by atoms with Crippen LogP contribution in [0.2, 0.25) is 10.0 Å². The SMILES string of the molecule is N#Cc1cc(NC(=O)Nc2ccc(Cl)c(Cl)c2)ccc1F. The summed E-state index contributed by atoms with van der Waals surface area (Å²) in [5, 5.41) is 14.4. The highest BCUT2D eigenvalue weighted by Crippen LogP contribution is 2.25. The lowest BCUT2D eigenvalue weighted by molar-refractivity contribution is 0.262. The molecular formula is C14H8Cl2FN3O. The van der Waals surface area contributed by atoms with Gasteiger partial charge < -0.3 is 10.6 Å². The molecule has 2 aromatic carbocycles. The molecule has 2 rings (SSSR count). The number of urea groups is 1. The van der Waals surface area contributed by atoms with Crippen molar-refractivity contribution in [3.8, 4) is 6.07 Å². The van der Waals surface area contributed by atoms with Gasteiger partial charge in [0, 0.05) is 11.4 Å². The van der Waals surface area contributed by atoms with Gasteiger partial charge in [0.25, 0.3) is 0 Å². The maximum atomic E-state index is 13.2. The molecule has 0 aliphatic carbocycles. The summed E-state index contributed by atoms with van der Waals surface area (Å²) in [5.41, 5.74) is 0.595. The molecule has 0 atom stereocenters. The van der Waals surface area contributed by atoms with Gasteiger partial charge in [-0.05, 0) is 36.4 Å². The molecule has 0 aliphatic heterocycles. The number of carbonyl (C=O) groups is 1. The molecule has 0 saturated heterocycles. The van der Waals surface area contributed by atoms with Crippen LogP contribution in [0.25, 0.3) is 0 Å². The van der Waals surface area contributed by atoms with Crippen LogP contribution in [0.15, 0.2) is 36.4 Å². The van der Waals surface area contributed by atoms with Crippen molar-refractivity contribution in [2.45, 2.75) is 0 Å². The van der Waals surface area contributed by atoms with Crippen molar-refractivity contribution in [1.82, 2.24) is 0 Å². The molecule has 106 valence electrons. The third kappa shape index (κ3) is 3.85. The van der Waals surface area contributed by atoms with Crippen LogP contribution in [0.4, 0.5) is 20.6 Å². The number of hydrogen-bond acceptors (Lipinski definition) is 2. The van der Waals surface area contributed by atoms with Gasteiger partial charge in [0.05, 0.1) is 15.6 Å². The van der Waals surface area contributed by atoms with E-state index in [0.29, 0.717) is 21.4 Å². The largest absolute Gasteiger partial charge is 0.323 e.